The fourth-order valence-electron chi connectivity index (χ4n) is 1.76. The summed E-state index contributed by atoms with van der Waals surface area (Å²) in [6, 6.07) is 7.21. The second-order valence-electron chi connectivity index (χ2n) is 4.44. The SMILES string of the molecule is FC(F)(F)OCC1COCC(COc2ccc(Br)cc2)O1. The van der Waals surface area contributed by atoms with Gasteiger partial charge in [-0.1, -0.05) is 15.9 Å². The van der Waals surface area contributed by atoms with Crippen LogP contribution in [-0.4, -0.2) is 45.0 Å². The highest BCUT2D eigenvalue weighted by Gasteiger charge is 2.32. The van der Waals surface area contributed by atoms with E-state index < -0.39 is 25.2 Å². The van der Waals surface area contributed by atoms with E-state index in [1.807, 2.05) is 12.1 Å². The highest BCUT2D eigenvalue weighted by Crippen LogP contribution is 2.20. The average molecular weight is 371 g/mol. The first-order chi connectivity index (χ1) is 9.92. The van der Waals surface area contributed by atoms with Gasteiger partial charge in [-0.2, -0.15) is 0 Å². The molecule has 2 unspecified atom stereocenters. The van der Waals surface area contributed by atoms with Crippen LogP contribution in [0.5, 0.6) is 5.75 Å². The molecule has 1 aromatic rings. The number of hydrogen-bond acceptors (Lipinski definition) is 4. The lowest BCUT2D eigenvalue weighted by Gasteiger charge is -2.30. The molecule has 8 heteroatoms. The number of halogens is 4. The molecule has 0 aromatic heterocycles. The van der Waals surface area contributed by atoms with E-state index in [9.17, 15) is 13.2 Å². The zero-order valence-electron chi connectivity index (χ0n) is 10.9. The molecule has 0 radical (unpaired) electrons. The molecule has 0 N–H and O–H groups in total. The van der Waals surface area contributed by atoms with Crippen molar-refractivity contribution >= 4 is 15.9 Å². The van der Waals surface area contributed by atoms with Crippen LogP contribution in [0.4, 0.5) is 13.2 Å². The Morgan fingerprint density at radius 2 is 1.71 bits per heavy atom. The molecule has 4 nitrogen and oxygen atoms in total. The van der Waals surface area contributed by atoms with Crippen molar-refractivity contribution in [2.24, 2.45) is 0 Å². The largest absolute Gasteiger partial charge is 0.522 e. The van der Waals surface area contributed by atoms with Crippen LogP contribution in [-0.2, 0) is 14.2 Å². The van der Waals surface area contributed by atoms with Gasteiger partial charge in [-0.15, -0.1) is 13.2 Å². The number of alkyl halides is 3. The molecule has 118 valence electrons. The van der Waals surface area contributed by atoms with Crippen LogP contribution in [0.2, 0.25) is 0 Å². The minimum Gasteiger partial charge on any atom is -0.491 e. The zero-order chi connectivity index (χ0) is 15.3. The molecule has 0 aliphatic carbocycles. The maximum Gasteiger partial charge on any atom is 0.522 e. The lowest BCUT2D eigenvalue weighted by molar-refractivity contribution is -0.336. The predicted molar refractivity (Wildman–Crippen MR) is 71.1 cm³/mol. The minimum absolute atomic E-state index is 0.0743. The molecule has 0 saturated carbocycles. The number of benzene rings is 1. The van der Waals surface area contributed by atoms with E-state index in [4.69, 9.17) is 14.2 Å². The summed E-state index contributed by atoms with van der Waals surface area (Å²) in [5.74, 6) is 0.649. The molecule has 2 atom stereocenters. The van der Waals surface area contributed by atoms with E-state index in [-0.39, 0.29) is 19.8 Å². The normalized spacial score (nSPS) is 23.0. The van der Waals surface area contributed by atoms with Crippen LogP contribution in [0.3, 0.4) is 0 Å². The van der Waals surface area contributed by atoms with Gasteiger partial charge in [0.25, 0.3) is 0 Å². The fourth-order valence-corrected chi connectivity index (χ4v) is 2.03. The third-order valence-electron chi connectivity index (χ3n) is 2.67. The monoisotopic (exact) mass is 370 g/mol. The molecular formula is C13H14BrF3O4. The van der Waals surface area contributed by atoms with Gasteiger partial charge in [-0.05, 0) is 24.3 Å². The first kappa shape index (κ1) is 16.5. The molecule has 0 amide bonds. The summed E-state index contributed by atoms with van der Waals surface area (Å²) < 4.78 is 56.7. The Hall–Kier alpha value is -0.830. The Bertz CT molecular complexity index is 438. The summed E-state index contributed by atoms with van der Waals surface area (Å²) in [5, 5.41) is 0. The standard InChI is InChI=1S/C13H14BrF3O4/c14-9-1-3-10(4-2-9)19-7-11-5-18-6-12(21-11)8-20-13(15,16)17/h1-4,11-12H,5-8H2. The number of ether oxygens (including phenoxy) is 4. The molecule has 1 heterocycles. The first-order valence-electron chi connectivity index (χ1n) is 6.24. The van der Waals surface area contributed by atoms with Crippen LogP contribution < -0.4 is 4.74 Å². The fraction of sp³-hybridized carbons (Fsp3) is 0.538. The second kappa shape index (κ2) is 7.44. The van der Waals surface area contributed by atoms with E-state index in [1.54, 1.807) is 12.1 Å². The van der Waals surface area contributed by atoms with Crippen LogP contribution in [0.25, 0.3) is 0 Å². The summed E-state index contributed by atoms with van der Waals surface area (Å²) in [6.45, 7) is -0.0354. The summed E-state index contributed by atoms with van der Waals surface area (Å²) in [4.78, 5) is 0. The molecule has 1 saturated heterocycles. The Kier molecular flexibility index (Phi) is 5.86. The van der Waals surface area contributed by atoms with Crippen molar-refractivity contribution < 1.29 is 32.1 Å². The lowest BCUT2D eigenvalue weighted by Crippen LogP contribution is -2.42. The third kappa shape index (κ3) is 6.21. The molecule has 1 aliphatic rings. The summed E-state index contributed by atoms with van der Waals surface area (Å²) in [5.41, 5.74) is 0. The maximum atomic E-state index is 12.0. The van der Waals surface area contributed by atoms with Crippen LogP contribution in [0.15, 0.2) is 28.7 Å². The van der Waals surface area contributed by atoms with E-state index >= 15 is 0 Å². The zero-order valence-corrected chi connectivity index (χ0v) is 12.5. The molecule has 0 spiro atoms. The quantitative estimate of drug-likeness (QED) is 0.797. The number of rotatable bonds is 5. The van der Waals surface area contributed by atoms with Crippen molar-refractivity contribution in [1.82, 2.24) is 0 Å². The van der Waals surface area contributed by atoms with Gasteiger partial charge in [-0.25, -0.2) is 0 Å². The highest BCUT2D eigenvalue weighted by atomic mass is 79.9. The van der Waals surface area contributed by atoms with Crippen molar-refractivity contribution in [3.8, 4) is 5.75 Å². The average Bonchev–Trinajstić information content (AvgIpc) is 2.44. The van der Waals surface area contributed by atoms with Gasteiger partial charge in [0.2, 0.25) is 0 Å². The first-order valence-corrected chi connectivity index (χ1v) is 7.04. The van der Waals surface area contributed by atoms with E-state index in [0.717, 1.165) is 4.47 Å². The van der Waals surface area contributed by atoms with Gasteiger partial charge in [0.1, 0.15) is 24.6 Å². The summed E-state index contributed by atoms with van der Waals surface area (Å²) in [6.07, 6.45) is -5.84. The predicted octanol–water partition coefficient (Wildman–Crippen LogP) is 3.15. The molecule has 2 rings (SSSR count). The summed E-state index contributed by atoms with van der Waals surface area (Å²) in [7, 11) is 0. The van der Waals surface area contributed by atoms with Gasteiger partial charge < -0.3 is 14.2 Å². The van der Waals surface area contributed by atoms with E-state index in [2.05, 4.69) is 20.7 Å². The molecule has 1 aromatic carbocycles. The van der Waals surface area contributed by atoms with E-state index in [1.165, 1.54) is 0 Å². The summed E-state index contributed by atoms with van der Waals surface area (Å²) >= 11 is 3.31. The Morgan fingerprint density at radius 3 is 2.33 bits per heavy atom. The van der Waals surface area contributed by atoms with Gasteiger partial charge in [0.05, 0.1) is 19.8 Å². The van der Waals surface area contributed by atoms with Crippen molar-refractivity contribution in [1.29, 1.82) is 0 Å². The van der Waals surface area contributed by atoms with Gasteiger partial charge in [0, 0.05) is 4.47 Å². The molecule has 21 heavy (non-hydrogen) atoms. The van der Waals surface area contributed by atoms with Crippen LogP contribution >= 0.6 is 15.9 Å². The Balaban J connectivity index is 1.74. The van der Waals surface area contributed by atoms with Crippen molar-refractivity contribution in [2.45, 2.75) is 18.6 Å². The van der Waals surface area contributed by atoms with Gasteiger partial charge >= 0.3 is 6.36 Å². The topological polar surface area (TPSA) is 36.9 Å². The van der Waals surface area contributed by atoms with Crippen molar-refractivity contribution in [2.75, 3.05) is 26.4 Å². The van der Waals surface area contributed by atoms with Crippen molar-refractivity contribution in [3.05, 3.63) is 28.7 Å². The minimum atomic E-state index is -4.66. The molecule has 1 fully saturated rings. The highest BCUT2D eigenvalue weighted by molar-refractivity contribution is 9.10. The van der Waals surface area contributed by atoms with Crippen LogP contribution in [0, 0.1) is 0 Å². The smallest absolute Gasteiger partial charge is 0.491 e. The third-order valence-corrected chi connectivity index (χ3v) is 3.20. The maximum absolute atomic E-state index is 12.0. The molecule has 1 aliphatic heterocycles. The van der Waals surface area contributed by atoms with Gasteiger partial charge in [0.15, 0.2) is 0 Å². The number of hydrogen-bond donors (Lipinski definition) is 0. The molecule has 0 bridgehead atoms. The Morgan fingerprint density at radius 1 is 1.10 bits per heavy atom. The lowest BCUT2D eigenvalue weighted by atomic mass is 10.3. The van der Waals surface area contributed by atoms with Crippen molar-refractivity contribution in [3.63, 3.8) is 0 Å². The van der Waals surface area contributed by atoms with E-state index in [0.29, 0.717) is 5.75 Å². The second-order valence-corrected chi connectivity index (χ2v) is 5.35. The van der Waals surface area contributed by atoms with Gasteiger partial charge in [-0.3, -0.25) is 4.74 Å². The molecular weight excluding hydrogens is 357 g/mol. The Labute approximate surface area is 128 Å². The van der Waals surface area contributed by atoms with Crippen LogP contribution in [0.1, 0.15) is 0 Å².